The van der Waals surface area contributed by atoms with Crippen molar-refractivity contribution in [3.05, 3.63) is 30.0 Å². The van der Waals surface area contributed by atoms with E-state index in [9.17, 15) is 4.79 Å². The summed E-state index contributed by atoms with van der Waals surface area (Å²) in [6, 6.07) is 4.50. The standard InChI is InChI=1S/C10H8N2O4/c13-5-16-9-8-3-6(10(14)15)1-2-7(8)4-11-12-9/h1-4,13H,5H2,(H,14,15). The molecule has 0 aliphatic heterocycles. The Labute approximate surface area is 90.1 Å². The summed E-state index contributed by atoms with van der Waals surface area (Å²) in [5.41, 5.74) is 0.128. The lowest BCUT2D eigenvalue weighted by Crippen LogP contribution is -2.01. The van der Waals surface area contributed by atoms with Gasteiger partial charge < -0.3 is 14.9 Å². The van der Waals surface area contributed by atoms with Crippen LogP contribution >= 0.6 is 0 Å². The number of ether oxygens (including phenoxy) is 1. The molecule has 1 heterocycles. The fraction of sp³-hybridized carbons (Fsp3) is 0.100. The average Bonchev–Trinajstić information content (AvgIpc) is 2.29. The molecule has 16 heavy (non-hydrogen) atoms. The Hall–Kier alpha value is -2.21. The molecule has 0 saturated carbocycles. The van der Waals surface area contributed by atoms with Crippen LogP contribution in [0.4, 0.5) is 0 Å². The number of carboxylic acid groups (broad SMARTS) is 1. The maximum Gasteiger partial charge on any atom is 0.335 e. The lowest BCUT2D eigenvalue weighted by Gasteiger charge is -2.04. The molecule has 6 nitrogen and oxygen atoms in total. The molecule has 0 aliphatic carbocycles. The van der Waals surface area contributed by atoms with Gasteiger partial charge in [0.25, 0.3) is 0 Å². The second kappa shape index (κ2) is 4.11. The first-order valence-electron chi connectivity index (χ1n) is 4.45. The first kappa shape index (κ1) is 10.3. The molecule has 2 aromatic rings. The highest BCUT2D eigenvalue weighted by atomic mass is 16.6. The second-order valence-corrected chi connectivity index (χ2v) is 3.03. The fourth-order valence-electron chi connectivity index (χ4n) is 1.35. The van der Waals surface area contributed by atoms with Crippen molar-refractivity contribution in [2.75, 3.05) is 6.79 Å². The van der Waals surface area contributed by atoms with Crippen LogP contribution in [-0.2, 0) is 0 Å². The number of carboxylic acids is 1. The van der Waals surface area contributed by atoms with Crippen molar-refractivity contribution < 1.29 is 19.7 Å². The van der Waals surface area contributed by atoms with Crippen LogP contribution in [0.1, 0.15) is 10.4 Å². The van der Waals surface area contributed by atoms with E-state index in [0.717, 1.165) is 0 Å². The van der Waals surface area contributed by atoms with Gasteiger partial charge in [-0.15, -0.1) is 5.10 Å². The number of fused-ring (bicyclic) bond motifs is 1. The predicted octanol–water partition coefficient (Wildman–Crippen LogP) is 0.657. The molecule has 6 heteroatoms. The minimum Gasteiger partial charge on any atom is -0.478 e. The van der Waals surface area contributed by atoms with Crippen LogP contribution in [0, 0.1) is 0 Å². The summed E-state index contributed by atoms with van der Waals surface area (Å²) in [6.45, 7) is -0.537. The minimum atomic E-state index is -1.03. The average molecular weight is 220 g/mol. The van der Waals surface area contributed by atoms with Gasteiger partial charge in [-0.3, -0.25) is 0 Å². The van der Waals surface area contributed by atoms with Crippen molar-refractivity contribution in [3.8, 4) is 5.88 Å². The molecule has 1 aromatic carbocycles. The molecule has 2 rings (SSSR count). The number of benzene rings is 1. The van der Waals surface area contributed by atoms with Gasteiger partial charge in [0.05, 0.1) is 11.8 Å². The fourth-order valence-corrected chi connectivity index (χ4v) is 1.35. The lowest BCUT2D eigenvalue weighted by atomic mass is 10.1. The molecule has 0 radical (unpaired) electrons. The van der Waals surface area contributed by atoms with E-state index in [0.29, 0.717) is 10.8 Å². The number of hydrogen-bond donors (Lipinski definition) is 2. The predicted molar refractivity (Wildman–Crippen MR) is 54.2 cm³/mol. The van der Waals surface area contributed by atoms with Gasteiger partial charge in [0.2, 0.25) is 5.88 Å². The Bertz CT molecular complexity index is 541. The Balaban J connectivity index is 2.63. The third-order valence-electron chi connectivity index (χ3n) is 2.08. The number of nitrogens with zero attached hydrogens (tertiary/aromatic N) is 2. The van der Waals surface area contributed by atoms with E-state index >= 15 is 0 Å². The Morgan fingerprint density at radius 3 is 2.94 bits per heavy atom. The first-order valence-corrected chi connectivity index (χ1v) is 4.45. The third kappa shape index (κ3) is 1.78. The number of aromatic nitrogens is 2. The van der Waals surface area contributed by atoms with Gasteiger partial charge >= 0.3 is 5.97 Å². The van der Waals surface area contributed by atoms with E-state index in [1.54, 1.807) is 6.07 Å². The molecule has 0 amide bonds. The van der Waals surface area contributed by atoms with E-state index in [-0.39, 0.29) is 11.4 Å². The topological polar surface area (TPSA) is 92.5 Å². The van der Waals surface area contributed by atoms with Gasteiger partial charge in [-0.2, -0.15) is 5.10 Å². The van der Waals surface area contributed by atoms with Crippen LogP contribution in [0.5, 0.6) is 5.88 Å². The monoisotopic (exact) mass is 220 g/mol. The summed E-state index contributed by atoms with van der Waals surface area (Å²) in [7, 11) is 0. The normalized spacial score (nSPS) is 10.3. The van der Waals surface area contributed by atoms with E-state index in [4.69, 9.17) is 14.9 Å². The molecule has 0 saturated heterocycles. The van der Waals surface area contributed by atoms with Crippen LogP contribution in [0.15, 0.2) is 24.4 Å². The van der Waals surface area contributed by atoms with E-state index < -0.39 is 12.8 Å². The summed E-state index contributed by atoms with van der Waals surface area (Å²) in [5, 5.41) is 26.0. The third-order valence-corrected chi connectivity index (χ3v) is 2.08. The molecule has 1 aromatic heterocycles. The second-order valence-electron chi connectivity index (χ2n) is 3.03. The number of carbonyl (C=O) groups is 1. The van der Waals surface area contributed by atoms with Crippen LogP contribution in [0.3, 0.4) is 0 Å². The summed E-state index contributed by atoms with van der Waals surface area (Å²) in [5.74, 6) is -0.920. The van der Waals surface area contributed by atoms with Crippen molar-refractivity contribution in [1.29, 1.82) is 0 Å². The number of aliphatic hydroxyl groups is 1. The number of hydrogen-bond acceptors (Lipinski definition) is 5. The van der Waals surface area contributed by atoms with Crippen LogP contribution in [-0.4, -0.2) is 33.2 Å². The zero-order valence-electron chi connectivity index (χ0n) is 8.12. The smallest absolute Gasteiger partial charge is 0.335 e. The molecule has 0 aliphatic rings. The Morgan fingerprint density at radius 1 is 1.44 bits per heavy atom. The van der Waals surface area contributed by atoms with Gasteiger partial charge in [0.1, 0.15) is 0 Å². The number of aliphatic hydroxyl groups excluding tert-OH is 1. The SMILES string of the molecule is O=C(O)c1ccc2cnnc(OCO)c2c1. The zero-order valence-corrected chi connectivity index (χ0v) is 8.12. The molecule has 82 valence electrons. The molecular formula is C10H8N2O4. The van der Waals surface area contributed by atoms with Crippen molar-refractivity contribution in [2.45, 2.75) is 0 Å². The van der Waals surface area contributed by atoms with Crippen LogP contribution in [0.2, 0.25) is 0 Å². The summed E-state index contributed by atoms with van der Waals surface area (Å²) in [6.07, 6.45) is 1.49. The lowest BCUT2D eigenvalue weighted by molar-refractivity contribution is 0.0697. The molecular weight excluding hydrogens is 212 g/mol. The minimum absolute atomic E-state index is 0.114. The number of aromatic carboxylic acids is 1. The zero-order chi connectivity index (χ0) is 11.5. The molecule has 0 bridgehead atoms. The molecule has 0 unspecified atom stereocenters. The summed E-state index contributed by atoms with van der Waals surface area (Å²) >= 11 is 0. The highest BCUT2D eigenvalue weighted by Crippen LogP contribution is 2.23. The van der Waals surface area contributed by atoms with Crippen molar-refractivity contribution >= 4 is 16.7 Å². The van der Waals surface area contributed by atoms with Gasteiger partial charge in [-0.05, 0) is 12.1 Å². The quantitative estimate of drug-likeness (QED) is 0.738. The van der Waals surface area contributed by atoms with E-state index in [1.165, 1.54) is 18.3 Å². The van der Waals surface area contributed by atoms with Gasteiger partial charge in [-0.25, -0.2) is 4.79 Å². The maximum atomic E-state index is 10.8. The molecule has 2 N–H and O–H groups in total. The molecule has 0 spiro atoms. The van der Waals surface area contributed by atoms with Gasteiger partial charge in [0.15, 0.2) is 6.79 Å². The largest absolute Gasteiger partial charge is 0.478 e. The summed E-state index contributed by atoms with van der Waals surface area (Å²) in [4.78, 5) is 10.8. The van der Waals surface area contributed by atoms with Crippen LogP contribution in [0.25, 0.3) is 10.8 Å². The molecule has 0 fully saturated rings. The Kier molecular flexibility index (Phi) is 2.65. The summed E-state index contributed by atoms with van der Waals surface area (Å²) < 4.78 is 4.84. The first-order chi connectivity index (χ1) is 7.72. The highest BCUT2D eigenvalue weighted by molar-refractivity contribution is 5.95. The van der Waals surface area contributed by atoms with E-state index in [1.807, 2.05) is 0 Å². The van der Waals surface area contributed by atoms with Crippen molar-refractivity contribution in [3.63, 3.8) is 0 Å². The van der Waals surface area contributed by atoms with Gasteiger partial charge in [-0.1, -0.05) is 6.07 Å². The van der Waals surface area contributed by atoms with E-state index in [2.05, 4.69) is 10.2 Å². The van der Waals surface area contributed by atoms with Crippen LogP contribution < -0.4 is 4.74 Å². The van der Waals surface area contributed by atoms with Crippen molar-refractivity contribution in [1.82, 2.24) is 10.2 Å². The Morgan fingerprint density at radius 2 is 2.25 bits per heavy atom. The highest BCUT2D eigenvalue weighted by Gasteiger charge is 2.08. The number of rotatable bonds is 3. The van der Waals surface area contributed by atoms with Crippen molar-refractivity contribution in [2.24, 2.45) is 0 Å². The maximum absolute atomic E-state index is 10.8. The van der Waals surface area contributed by atoms with Gasteiger partial charge in [0, 0.05) is 10.8 Å². The molecule has 0 atom stereocenters.